The normalized spacial score (nSPS) is 47.0. The Morgan fingerprint density at radius 1 is 0.767 bits per heavy atom. The molecule has 6 fully saturated rings. The first-order valence-corrected chi connectivity index (χ1v) is 14.2. The van der Waals surface area contributed by atoms with E-state index in [9.17, 15) is 31.5 Å². The highest BCUT2D eigenvalue weighted by Crippen LogP contribution is 2.42. The van der Waals surface area contributed by atoms with Crippen LogP contribution in [0.2, 0.25) is 0 Å². The van der Waals surface area contributed by atoms with Crippen molar-refractivity contribution in [3.05, 3.63) is 20.9 Å². The fourth-order valence-corrected chi connectivity index (χ4v) is 6.87. The van der Waals surface area contributed by atoms with Gasteiger partial charge in [-0.15, -0.1) is 0 Å². The lowest BCUT2D eigenvalue weighted by Gasteiger charge is -2.44. The Morgan fingerprint density at radius 3 is 1.72 bits per heavy atom. The highest BCUT2D eigenvalue weighted by atomic mass is 16.8. The van der Waals surface area contributed by atoms with Crippen molar-refractivity contribution < 1.29 is 58.3 Å². The summed E-state index contributed by atoms with van der Waals surface area (Å²) in [5.41, 5.74) is 18.4. The minimum Gasteiger partial charge on any atom is -0.389 e. The van der Waals surface area contributed by atoms with E-state index in [1.807, 2.05) is 0 Å². The van der Waals surface area contributed by atoms with E-state index in [0.29, 0.717) is 0 Å². The average Bonchev–Trinajstić information content (AvgIpc) is 3.70. The molecule has 6 rings (SSSR count). The lowest BCUT2D eigenvalue weighted by atomic mass is 9.93. The highest BCUT2D eigenvalue weighted by molar-refractivity contribution is 5.06. The molecule has 0 aromatic heterocycles. The number of fused-ring (bicyclic) bond motifs is 4. The molecule has 0 aromatic rings. The maximum Gasteiger partial charge on any atom is 0.188 e. The third kappa shape index (κ3) is 5.69. The van der Waals surface area contributed by atoms with Gasteiger partial charge in [0.1, 0.15) is 30.5 Å². The molecule has 0 radical (unpaired) electrons. The number of ether oxygens (including phenoxy) is 8. The molecular formula is C24H37N7O12. The Morgan fingerprint density at radius 2 is 1.26 bits per heavy atom. The van der Waals surface area contributed by atoms with Crippen LogP contribution in [0.25, 0.3) is 20.9 Å². The summed E-state index contributed by atoms with van der Waals surface area (Å²) < 4.78 is 46.1. The molecule has 0 saturated carbocycles. The first-order chi connectivity index (χ1) is 20.3. The van der Waals surface area contributed by atoms with Crippen LogP contribution in [0.15, 0.2) is 10.2 Å². The summed E-state index contributed by atoms with van der Waals surface area (Å²) in [6, 6.07) is -3.01. The zero-order valence-electron chi connectivity index (χ0n) is 24.0. The standard InChI is InChI=1S/C24H37N7O12/c1-23(2)40-18-11(27-29-25)16(38-21(18)42-23)8(32)5-31(13-14(34)10-7-36-20(37-10)15(13)35)6-9(33)17-12(28-30-26)19-22(39-17)43-24(3,4)41-19/h8-22,32-35H,5-7H2,1-4H3/t8-,9+,10-,11+,12+,13-,14-,15+,16-,17-,18-,19-,20-,21-,22-/m1/s1. The Kier molecular flexibility index (Phi) is 8.30. The summed E-state index contributed by atoms with van der Waals surface area (Å²) in [5.74, 6) is -1.99. The van der Waals surface area contributed by atoms with Crippen molar-refractivity contribution in [2.45, 2.75) is 131 Å². The van der Waals surface area contributed by atoms with E-state index in [4.69, 9.17) is 37.9 Å². The predicted molar refractivity (Wildman–Crippen MR) is 137 cm³/mol. The van der Waals surface area contributed by atoms with Crippen LogP contribution in [0.1, 0.15) is 27.7 Å². The van der Waals surface area contributed by atoms with E-state index in [0.717, 1.165) is 0 Å². The van der Waals surface area contributed by atoms with E-state index in [1.54, 1.807) is 27.7 Å². The quantitative estimate of drug-likeness (QED) is 0.138. The van der Waals surface area contributed by atoms with Crippen LogP contribution in [-0.2, 0) is 37.9 Å². The summed E-state index contributed by atoms with van der Waals surface area (Å²) in [5, 5.41) is 52.8. The van der Waals surface area contributed by atoms with Crippen LogP contribution < -0.4 is 0 Å². The molecule has 0 aliphatic carbocycles. The van der Waals surface area contributed by atoms with Crippen molar-refractivity contribution in [3.63, 3.8) is 0 Å². The largest absolute Gasteiger partial charge is 0.389 e. The van der Waals surface area contributed by atoms with Gasteiger partial charge in [0.2, 0.25) is 0 Å². The van der Waals surface area contributed by atoms with Gasteiger partial charge < -0.3 is 58.3 Å². The number of hydrogen-bond donors (Lipinski definition) is 4. The van der Waals surface area contributed by atoms with E-state index in [2.05, 4.69) is 20.1 Å². The molecule has 15 atom stereocenters. The fraction of sp³-hybridized carbons (Fsp3) is 1.00. The molecule has 19 nitrogen and oxygen atoms in total. The SMILES string of the molecule is CC1(C)O[C@H]2O[C@H]([C@H](O)CN(C[C@H](O)[C@H]3O[C@@H]4OC(C)(C)O[C@@H]4[C@H]3N=[N+]=[N-])[C@H]3[C@H](O)[C@@H]4OC[C@@H](O4)[C@H]3O)[C@H](N=[N+]=[N-])[C@H]2O1. The third-order valence-electron chi connectivity index (χ3n) is 8.59. The second-order valence-corrected chi connectivity index (χ2v) is 12.5. The lowest BCUT2D eigenvalue weighted by molar-refractivity contribution is -0.232. The topological polar surface area (TPSA) is 256 Å². The van der Waals surface area contributed by atoms with Crippen molar-refractivity contribution in [1.29, 1.82) is 0 Å². The maximum atomic E-state index is 11.4. The van der Waals surface area contributed by atoms with Crippen molar-refractivity contribution in [3.8, 4) is 0 Å². The van der Waals surface area contributed by atoms with Crippen molar-refractivity contribution in [1.82, 2.24) is 4.90 Å². The monoisotopic (exact) mass is 615 g/mol. The van der Waals surface area contributed by atoms with E-state index in [-0.39, 0.29) is 19.7 Å². The smallest absolute Gasteiger partial charge is 0.188 e. The number of aliphatic hydroxyl groups is 4. The highest BCUT2D eigenvalue weighted by Gasteiger charge is 2.59. The summed E-state index contributed by atoms with van der Waals surface area (Å²) in [6.07, 6.45) is -12.8. The molecule has 6 saturated heterocycles. The van der Waals surface area contributed by atoms with Gasteiger partial charge in [-0.25, -0.2) is 0 Å². The van der Waals surface area contributed by atoms with Crippen LogP contribution in [0.4, 0.5) is 0 Å². The molecule has 240 valence electrons. The van der Waals surface area contributed by atoms with Crippen LogP contribution in [0.3, 0.4) is 0 Å². The molecule has 0 amide bonds. The van der Waals surface area contributed by atoms with Crippen LogP contribution >= 0.6 is 0 Å². The molecule has 0 aromatic carbocycles. The molecular weight excluding hydrogens is 578 g/mol. The molecule has 0 spiro atoms. The van der Waals surface area contributed by atoms with Crippen LogP contribution in [-0.4, -0.2) is 149 Å². The number of azide groups is 2. The minimum absolute atomic E-state index is 0.0371. The van der Waals surface area contributed by atoms with Gasteiger partial charge in [0.25, 0.3) is 0 Å². The van der Waals surface area contributed by atoms with Gasteiger partial charge in [0.15, 0.2) is 30.4 Å². The molecule has 19 heteroatoms. The lowest BCUT2D eigenvalue weighted by Crippen LogP contribution is -2.64. The van der Waals surface area contributed by atoms with Crippen LogP contribution in [0, 0.1) is 0 Å². The fourth-order valence-electron chi connectivity index (χ4n) is 6.87. The summed E-state index contributed by atoms with van der Waals surface area (Å²) in [7, 11) is 0. The number of rotatable bonds is 9. The van der Waals surface area contributed by atoms with Crippen molar-refractivity contribution in [2.75, 3.05) is 19.7 Å². The molecule has 2 bridgehead atoms. The first-order valence-electron chi connectivity index (χ1n) is 14.2. The van der Waals surface area contributed by atoms with Gasteiger partial charge in [-0.1, -0.05) is 10.2 Å². The average molecular weight is 616 g/mol. The second-order valence-electron chi connectivity index (χ2n) is 12.5. The van der Waals surface area contributed by atoms with E-state index < -0.39 is 104 Å². The Balaban J connectivity index is 1.24. The van der Waals surface area contributed by atoms with Gasteiger partial charge in [0.05, 0.1) is 49.1 Å². The van der Waals surface area contributed by atoms with Crippen molar-refractivity contribution >= 4 is 0 Å². The Bertz CT molecular complexity index is 1070. The first kappa shape index (κ1) is 31.1. The molecule has 0 unspecified atom stereocenters. The summed E-state index contributed by atoms with van der Waals surface area (Å²) in [6.45, 7) is 6.19. The molecule has 4 N–H and O–H groups in total. The number of aliphatic hydroxyl groups excluding tert-OH is 4. The molecule has 6 aliphatic heterocycles. The molecule has 6 aliphatic rings. The minimum atomic E-state index is -1.38. The predicted octanol–water partition coefficient (Wildman–Crippen LogP) is -1.03. The van der Waals surface area contributed by atoms with Gasteiger partial charge in [-0.05, 0) is 38.8 Å². The summed E-state index contributed by atoms with van der Waals surface area (Å²) in [4.78, 5) is 7.26. The van der Waals surface area contributed by atoms with E-state index >= 15 is 0 Å². The van der Waals surface area contributed by atoms with Gasteiger partial charge >= 0.3 is 0 Å². The zero-order valence-corrected chi connectivity index (χ0v) is 24.0. The summed E-state index contributed by atoms with van der Waals surface area (Å²) >= 11 is 0. The van der Waals surface area contributed by atoms with E-state index in [1.165, 1.54) is 4.90 Å². The van der Waals surface area contributed by atoms with Gasteiger partial charge in [0, 0.05) is 22.9 Å². The number of hydrogen-bond acceptors (Lipinski definition) is 15. The van der Waals surface area contributed by atoms with Crippen LogP contribution in [0.5, 0.6) is 0 Å². The maximum absolute atomic E-state index is 11.4. The molecule has 6 heterocycles. The number of nitrogens with zero attached hydrogens (tertiary/aromatic N) is 7. The zero-order chi connectivity index (χ0) is 30.8. The van der Waals surface area contributed by atoms with Crippen molar-refractivity contribution in [2.24, 2.45) is 10.2 Å². The third-order valence-corrected chi connectivity index (χ3v) is 8.59. The Hall–Kier alpha value is -1.90. The van der Waals surface area contributed by atoms with Gasteiger partial charge in [-0.2, -0.15) is 0 Å². The molecule has 43 heavy (non-hydrogen) atoms. The second kappa shape index (κ2) is 11.5. The van der Waals surface area contributed by atoms with Gasteiger partial charge in [-0.3, -0.25) is 4.90 Å². The Labute approximate surface area is 245 Å².